The van der Waals surface area contributed by atoms with Crippen LogP contribution in [0.1, 0.15) is 67.2 Å². The molecule has 0 rings (SSSR count). The van der Waals surface area contributed by atoms with Crippen LogP contribution in [0.4, 0.5) is 0 Å². The number of carbonyl (C=O) groups excluding carboxylic acids is 1. The minimum Gasteiger partial charge on any atom is -0.462 e. The monoisotopic (exact) mass is 309 g/mol. The highest BCUT2D eigenvalue weighted by Crippen LogP contribution is 2.11. The van der Waals surface area contributed by atoms with E-state index in [0.29, 0.717) is 18.0 Å². The van der Waals surface area contributed by atoms with E-state index >= 15 is 0 Å². The van der Waals surface area contributed by atoms with Crippen molar-refractivity contribution < 1.29 is 9.53 Å². The molecule has 1 unspecified atom stereocenters. The summed E-state index contributed by atoms with van der Waals surface area (Å²) in [5, 5.41) is 0. The highest BCUT2D eigenvalue weighted by molar-refractivity contribution is 5.69. The van der Waals surface area contributed by atoms with Crippen molar-refractivity contribution in [3.8, 4) is 0 Å². The minimum atomic E-state index is -0.0574. The largest absolute Gasteiger partial charge is 0.462 e. The van der Waals surface area contributed by atoms with Gasteiger partial charge in [0.1, 0.15) is 6.10 Å². The first-order valence-electron chi connectivity index (χ1n) is 8.29. The molecule has 0 aromatic carbocycles. The molecule has 0 spiro atoms. The molecule has 0 aliphatic heterocycles. The maximum atomic E-state index is 11.1. The van der Waals surface area contributed by atoms with Crippen molar-refractivity contribution in [3.05, 3.63) is 36.1 Å². The van der Waals surface area contributed by atoms with Crippen LogP contribution in [0.3, 0.4) is 0 Å². The van der Waals surface area contributed by atoms with E-state index in [1.54, 1.807) is 0 Å². The maximum absolute atomic E-state index is 11.1. The lowest BCUT2D eigenvalue weighted by Crippen LogP contribution is -2.22. The van der Waals surface area contributed by atoms with Crippen LogP contribution in [0, 0.1) is 5.92 Å². The third-order valence-corrected chi connectivity index (χ3v) is 3.04. The number of allylic oxidation sites excluding steroid dienone is 4. The van der Waals surface area contributed by atoms with Crippen molar-refractivity contribution in [1.29, 1.82) is 0 Å². The van der Waals surface area contributed by atoms with E-state index in [1.165, 1.54) is 5.57 Å². The van der Waals surface area contributed by atoms with Gasteiger partial charge in [0.05, 0.1) is 0 Å². The molecule has 0 saturated heterocycles. The van der Waals surface area contributed by atoms with Crippen LogP contribution < -0.4 is 5.73 Å². The van der Waals surface area contributed by atoms with E-state index in [4.69, 9.17) is 10.5 Å². The fraction of sp³-hybridized carbons (Fsp3) is 0.632. The molecule has 0 heterocycles. The van der Waals surface area contributed by atoms with Crippen molar-refractivity contribution in [3.63, 3.8) is 0 Å². The van der Waals surface area contributed by atoms with Crippen LogP contribution in [-0.4, -0.2) is 12.1 Å². The number of hydrogen-bond acceptors (Lipinski definition) is 3. The van der Waals surface area contributed by atoms with Gasteiger partial charge in [0.25, 0.3) is 0 Å². The standard InChI is InChI=1S/C10H20O2.C9H15N/c1-5-7-10(11)12-9(6-2)8(3)4;1-4-6-9(5-2)7-8(3)10/h8-9H,5-7H2,1-4H3;4,6-7H,3,5,10H2,1-2H3/b;6-4-,9-7-. The molecule has 0 aliphatic carbocycles. The van der Waals surface area contributed by atoms with Crippen LogP contribution >= 0.6 is 0 Å². The Balaban J connectivity index is 0. The molecular weight excluding hydrogens is 274 g/mol. The second-order valence-corrected chi connectivity index (χ2v) is 5.58. The van der Waals surface area contributed by atoms with Crippen LogP contribution in [0.5, 0.6) is 0 Å². The summed E-state index contributed by atoms with van der Waals surface area (Å²) < 4.78 is 5.26. The number of ether oxygens (including phenoxy) is 1. The molecule has 0 saturated carbocycles. The van der Waals surface area contributed by atoms with Crippen LogP contribution in [0.2, 0.25) is 0 Å². The average molecular weight is 309 g/mol. The van der Waals surface area contributed by atoms with Crippen molar-refractivity contribution in [1.82, 2.24) is 0 Å². The summed E-state index contributed by atoms with van der Waals surface area (Å²) in [6, 6.07) is 0. The summed E-state index contributed by atoms with van der Waals surface area (Å²) in [5.41, 5.74) is 7.23. The zero-order valence-electron chi connectivity index (χ0n) is 15.3. The minimum absolute atomic E-state index is 0.0574. The summed E-state index contributed by atoms with van der Waals surface area (Å²) in [4.78, 5) is 11.1. The van der Waals surface area contributed by atoms with Gasteiger partial charge in [0, 0.05) is 12.1 Å². The van der Waals surface area contributed by atoms with Gasteiger partial charge in [0.15, 0.2) is 0 Å². The molecular formula is C19H35NO2. The van der Waals surface area contributed by atoms with Gasteiger partial charge in [-0.25, -0.2) is 0 Å². The lowest BCUT2D eigenvalue weighted by molar-refractivity contribution is -0.151. The zero-order chi connectivity index (χ0) is 17.5. The summed E-state index contributed by atoms with van der Waals surface area (Å²) in [5.74, 6) is 0.369. The fourth-order valence-electron chi connectivity index (χ4n) is 1.84. The van der Waals surface area contributed by atoms with E-state index < -0.39 is 0 Å². The summed E-state index contributed by atoms with van der Waals surface area (Å²) in [6.45, 7) is 15.9. The molecule has 0 amide bonds. The normalized spacial score (nSPS) is 12.8. The molecule has 0 fully saturated rings. The molecule has 128 valence electrons. The Morgan fingerprint density at radius 2 is 1.86 bits per heavy atom. The highest BCUT2D eigenvalue weighted by Gasteiger charge is 2.14. The Kier molecular flexibility index (Phi) is 14.9. The lowest BCUT2D eigenvalue weighted by atomic mass is 10.1. The lowest BCUT2D eigenvalue weighted by Gasteiger charge is -2.19. The maximum Gasteiger partial charge on any atom is 0.306 e. The molecule has 0 radical (unpaired) electrons. The molecule has 3 heteroatoms. The first-order chi connectivity index (χ1) is 10.3. The number of rotatable bonds is 8. The van der Waals surface area contributed by atoms with Gasteiger partial charge in [-0.2, -0.15) is 0 Å². The van der Waals surface area contributed by atoms with Crippen LogP contribution in [0.15, 0.2) is 36.1 Å². The molecule has 0 aliphatic rings. The number of carbonyl (C=O) groups is 1. The molecule has 0 aromatic rings. The third kappa shape index (κ3) is 13.5. The van der Waals surface area contributed by atoms with Gasteiger partial charge in [-0.1, -0.05) is 53.3 Å². The van der Waals surface area contributed by atoms with E-state index in [9.17, 15) is 4.79 Å². The zero-order valence-corrected chi connectivity index (χ0v) is 15.3. The fourth-order valence-corrected chi connectivity index (χ4v) is 1.84. The molecule has 22 heavy (non-hydrogen) atoms. The Hall–Kier alpha value is -1.51. The Morgan fingerprint density at radius 1 is 1.27 bits per heavy atom. The Morgan fingerprint density at radius 3 is 2.18 bits per heavy atom. The summed E-state index contributed by atoms with van der Waals surface area (Å²) in [6.07, 6.45) is 9.35. The quantitative estimate of drug-likeness (QED) is 0.499. The Bertz CT molecular complexity index is 368. The van der Waals surface area contributed by atoms with E-state index in [0.717, 1.165) is 19.3 Å². The number of esters is 1. The summed E-state index contributed by atoms with van der Waals surface area (Å²) in [7, 11) is 0. The predicted octanol–water partition coefficient (Wildman–Crippen LogP) is 5.14. The average Bonchev–Trinajstić information content (AvgIpc) is 2.44. The Labute approximate surface area is 137 Å². The second-order valence-electron chi connectivity index (χ2n) is 5.58. The smallest absolute Gasteiger partial charge is 0.306 e. The van der Waals surface area contributed by atoms with Gasteiger partial charge < -0.3 is 10.5 Å². The van der Waals surface area contributed by atoms with Gasteiger partial charge in [-0.3, -0.25) is 4.79 Å². The molecule has 2 N–H and O–H groups in total. The first kappa shape index (κ1) is 22.8. The van der Waals surface area contributed by atoms with Crippen molar-refractivity contribution in [2.45, 2.75) is 73.3 Å². The molecule has 3 nitrogen and oxygen atoms in total. The van der Waals surface area contributed by atoms with E-state index in [-0.39, 0.29) is 12.1 Å². The topological polar surface area (TPSA) is 52.3 Å². The van der Waals surface area contributed by atoms with Crippen LogP contribution in [-0.2, 0) is 9.53 Å². The van der Waals surface area contributed by atoms with Gasteiger partial charge in [-0.15, -0.1) is 0 Å². The van der Waals surface area contributed by atoms with Crippen molar-refractivity contribution in [2.24, 2.45) is 11.7 Å². The van der Waals surface area contributed by atoms with E-state index in [2.05, 4.69) is 27.4 Å². The number of nitrogens with two attached hydrogens (primary N) is 1. The third-order valence-electron chi connectivity index (χ3n) is 3.04. The molecule has 0 bridgehead atoms. The second kappa shape index (κ2) is 14.4. The number of hydrogen-bond donors (Lipinski definition) is 1. The summed E-state index contributed by atoms with van der Waals surface area (Å²) >= 11 is 0. The van der Waals surface area contributed by atoms with Crippen molar-refractivity contribution >= 4 is 5.97 Å². The van der Waals surface area contributed by atoms with Gasteiger partial charge in [-0.05, 0) is 43.8 Å². The first-order valence-corrected chi connectivity index (χ1v) is 8.29. The van der Waals surface area contributed by atoms with Gasteiger partial charge in [0.2, 0.25) is 0 Å². The van der Waals surface area contributed by atoms with Crippen LogP contribution in [0.25, 0.3) is 0 Å². The van der Waals surface area contributed by atoms with Gasteiger partial charge >= 0.3 is 5.97 Å². The predicted molar refractivity (Wildman–Crippen MR) is 96.4 cm³/mol. The highest BCUT2D eigenvalue weighted by atomic mass is 16.5. The van der Waals surface area contributed by atoms with E-state index in [1.807, 2.05) is 39.0 Å². The van der Waals surface area contributed by atoms with Crippen molar-refractivity contribution in [2.75, 3.05) is 0 Å². The SMILES string of the molecule is C=C(N)/C=C(\C=C/C)CC.CCCC(=O)OC(CC)C(C)C. The molecule has 0 aromatic heterocycles. The molecule has 1 atom stereocenters.